The summed E-state index contributed by atoms with van der Waals surface area (Å²) >= 11 is 0. The maximum Gasteiger partial charge on any atom is 0.335 e. The van der Waals surface area contributed by atoms with Crippen LogP contribution in [0.2, 0.25) is 0 Å². The average Bonchev–Trinajstić information content (AvgIpc) is 2.70. The van der Waals surface area contributed by atoms with Crippen LogP contribution >= 0.6 is 0 Å². The van der Waals surface area contributed by atoms with Gasteiger partial charge < -0.3 is 10.2 Å². The smallest absolute Gasteiger partial charge is 0.335 e. The van der Waals surface area contributed by atoms with Crippen molar-refractivity contribution in [2.75, 3.05) is 0 Å². The molecule has 0 saturated heterocycles. The van der Waals surface area contributed by atoms with E-state index in [9.17, 15) is 15.0 Å². The molecule has 0 bridgehead atoms. The fraction of sp³-hybridized carbons (Fsp3) is 0.962. The maximum atomic E-state index is 11.5. The summed E-state index contributed by atoms with van der Waals surface area (Å²) in [7, 11) is 0. The molecule has 29 heavy (non-hydrogen) atoms. The Morgan fingerprint density at radius 2 is 0.759 bits per heavy atom. The maximum absolute atomic E-state index is 11.5. The van der Waals surface area contributed by atoms with Gasteiger partial charge in [-0.3, -0.25) is 0 Å². The number of aliphatic carboxylic acids is 1. The topological polar surface area (TPSA) is 57.5 Å². The number of aliphatic hydroxyl groups is 1. The summed E-state index contributed by atoms with van der Waals surface area (Å²) in [5.41, 5.74) is -1.50. The lowest BCUT2D eigenvalue weighted by molar-refractivity contribution is -0.160. The first-order valence-corrected chi connectivity index (χ1v) is 13.0. The summed E-state index contributed by atoms with van der Waals surface area (Å²) in [6.07, 6.45) is 25.6. The van der Waals surface area contributed by atoms with E-state index >= 15 is 0 Å². The molecule has 0 rings (SSSR count). The van der Waals surface area contributed by atoms with Crippen LogP contribution < -0.4 is 0 Å². The van der Waals surface area contributed by atoms with Gasteiger partial charge in [0.05, 0.1) is 0 Å². The zero-order chi connectivity index (χ0) is 21.6. The Hall–Kier alpha value is -0.570. The summed E-state index contributed by atoms with van der Waals surface area (Å²) in [6.45, 7) is 4.46. The molecular weight excluding hydrogens is 360 g/mol. The molecule has 1 unspecified atom stereocenters. The van der Waals surface area contributed by atoms with Gasteiger partial charge in [0.2, 0.25) is 0 Å². The molecule has 0 amide bonds. The van der Waals surface area contributed by atoms with Crippen molar-refractivity contribution in [3.63, 3.8) is 0 Å². The predicted molar refractivity (Wildman–Crippen MR) is 126 cm³/mol. The molecule has 0 aromatic carbocycles. The summed E-state index contributed by atoms with van der Waals surface area (Å²) in [5, 5.41) is 19.9. The highest BCUT2D eigenvalue weighted by Crippen LogP contribution is 2.24. The molecule has 0 aliphatic rings. The summed E-state index contributed by atoms with van der Waals surface area (Å²) in [4.78, 5) is 11.5. The third-order valence-electron chi connectivity index (χ3n) is 6.29. The number of hydrogen-bond acceptors (Lipinski definition) is 2. The Bertz CT molecular complexity index is 356. The van der Waals surface area contributed by atoms with E-state index in [-0.39, 0.29) is 0 Å². The molecular formula is C26H52O3. The Kier molecular flexibility index (Phi) is 20.3. The summed E-state index contributed by atoms with van der Waals surface area (Å²) < 4.78 is 0. The fourth-order valence-electron chi connectivity index (χ4n) is 4.15. The third-order valence-corrected chi connectivity index (χ3v) is 6.29. The van der Waals surface area contributed by atoms with Gasteiger partial charge in [-0.2, -0.15) is 0 Å². The number of carboxylic acid groups (broad SMARTS) is 1. The van der Waals surface area contributed by atoms with E-state index in [2.05, 4.69) is 13.8 Å². The lowest BCUT2D eigenvalue weighted by Gasteiger charge is -2.23. The number of carbonyl (C=O) groups is 1. The SMILES string of the molecule is CCCCCCCCCCCCCCCCC(O)(CCCCCCCC)C(=O)O. The Balaban J connectivity index is 3.55. The second-order valence-electron chi connectivity index (χ2n) is 9.20. The zero-order valence-corrected chi connectivity index (χ0v) is 19.9. The first-order chi connectivity index (χ1) is 14.1. The van der Waals surface area contributed by atoms with Gasteiger partial charge in [-0.1, -0.05) is 129 Å². The molecule has 0 radical (unpaired) electrons. The minimum absolute atomic E-state index is 0.410. The largest absolute Gasteiger partial charge is 0.479 e. The van der Waals surface area contributed by atoms with E-state index in [1.807, 2.05) is 0 Å². The minimum atomic E-state index is -1.50. The third kappa shape index (κ3) is 18.0. The van der Waals surface area contributed by atoms with E-state index in [1.54, 1.807) is 0 Å². The molecule has 0 aliphatic heterocycles. The molecule has 3 nitrogen and oxygen atoms in total. The van der Waals surface area contributed by atoms with Crippen LogP contribution in [0.15, 0.2) is 0 Å². The van der Waals surface area contributed by atoms with Crippen LogP contribution in [0.4, 0.5) is 0 Å². The van der Waals surface area contributed by atoms with Crippen molar-refractivity contribution in [2.45, 2.75) is 161 Å². The quantitative estimate of drug-likeness (QED) is 0.166. The summed E-state index contributed by atoms with van der Waals surface area (Å²) in [5.74, 6) is -1.03. The first kappa shape index (κ1) is 28.4. The minimum Gasteiger partial charge on any atom is -0.479 e. The molecule has 0 spiro atoms. The van der Waals surface area contributed by atoms with Crippen molar-refractivity contribution in [1.29, 1.82) is 0 Å². The van der Waals surface area contributed by atoms with E-state index in [1.165, 1.54) is 96.3 Å². The standard InChI is InChI=1S/C26H52O3/c1-3-5-7-9-11-12-13-14-15-16-17-18-20-22-24-26(29,25(27)28)23-21-19-10-8-6-4-2/h29H,3-24H2,1-2H3,(H,27,28). The van der Waals surface area contributed by atoms with Crippen LogP contribution in [0, 0.1) is 0 Å². The lowest BCUT2D eigenvalue weighted by atomic mass is 9.89. The van der Waals surface area contributed by atoms with Crippen molar-refractivity contribution in [1.82, 2.24) is 0 Å². The van der Waals surface area contributed by atoms with Crippen molar-refractivity contribution in [2.24, 2.45) is 0 Å². The fourth-order valence-corrected chi connectivity index (χ4v) is 4.15. The molecule has 0 aromatic rings. The number of hydrogen-bond donors (Lipinski definition) is 2. The summed E-state index contributed by atoms with van der Waals surface area (Å²) in [6, 6.07) is 0. The van der Waals surface area contributed by atoms with Gasteiger partial charge in [0.25, 0.3) is 0 Å². The van der Waals surface area contributed by atoms with Crippen molar-refractivity contribution in [3.05, 3.63) is 0 Å². The van der Waals surface area contributed by atoms with Crippen LogP contribution in [0.5, 0.6) is 0 Å². The van der Waals surface area contributed by atoms with Crippen LogP contribution in [-0.2, 0) is 4.79 Å². The van der Waals surface area contributed by atoms with E-state index in [0.29, 0.717) is 12.8 Å². The second kappa shape index (κ2) is 20.7. The lowest BCUT2D eigenvalue weighted by Crippen LogP contribution is -2.38. The van der Waals surface area contributed by atoms with E-state index in [0.717, 1.165) is 32.1 Å². The Labute approximate surface area is 182 Å². The number of carboxylic acids is 1. The molecule has 3 heteroatoms. The molecule has 1 atom stereocenters. The van der Waals surface area contributed by atoms with Crippen LogP contribution in [0.25, 0.3) is 0 Å². The van der Waals surface area contributed by atoms with Crippen molar-refractivity contribution < 1.29 is 15.0 Å². The van der Waals surface area contributed by atoms with Gasteiger partial charge in [-0.15, -0.1) is 0 Å². The van der Waals surface area contributed by atoms with E-state index < -0.39 is 11.6 Å². The van der Waals surface area contributed by atoms with Crippen molar-refractivity contribution in [3.8, 4) is 0 Å². The van der Waals surface area contributed by atoms with E-state index in [4.69, 9.17) is 0 Å². The van der Waals surface area contributed by atoms with Gasteiger partial charge in [0, 0.05) is 0 Å². The average molecular weight is 413 g/mol. The second-order valence-corrected chi connectivity index (χ2v) is 9.20. The molecule has 2 N–H and O–H groups in total. The molecule has 0 heterocycles. The highest BCUT2D eigenvalue weighted by Gasteiger charge is 2.34. The molecule has 174 valence electrons. The van der Waals surface area contributed by atoms with Crippen molar-refractivity contribution >= 4 is 5.97 Å². The zero-order valence-electron chi connectivity index (χ0n) is 19.9. The van der Waals surface area contributed by atoms with Gasteiger partial charge in [0.15, 0.2) is 5.60 Å². The van der Waals surface area contributed by atoms with Gasteiger partial charge in [0.1, 0.15) is 0 Å². The number of unbranched alkanes of at least 4 members (excludes halogenated alkanes) is 18. The monoisotopic (exact) mass is 412 g/mol. The highest BCUT2D eigenvalue weighted by atomic mass is 16.4. The first-order valence-electron chi connectivity index (χ1n) is 13.0. The Morgan fingerprint density at radius 1 is 0.517 bits per heavy atom. The normalized spacial score (nSPS) is 13.5. The van der Waals surface area contributed by atoms with Crippen LogP contribution in [0.1, 0.15) is 155 Å². The molecule has 0 aliphatic carbocycles. The molecule has 0 saturated carbocycles. The van der Waals surface area contributed by atoms with Gasteiger partial charge >= 0.3 is 5.97 Å². The molecule has 0 fully saturated rings. The molecule has 0 aromatic heterocycles. The van der Waals surface area contributed by atoms with Gasteiger partial charge in [-0.25, -0.2) is 4.79 Å². The van der Waals surface area contributed by atoms with Crippen LogP contribution in [0.3, 0.4) is 0 Å². The Morgan fingerprint density at radius 3 is 1.00 bits per heavy atom. The van der Waals surface area contributed by atoms with Crippen LogP contribution in [-0.4, -0.2) is 21.8 Å². The van der Waals surface area contributed by atoms with Gasteiger partial charge in [-0.05, 0) is 25.7 Å². The number of rotatable bonds is 23. The predicted octanol–water partition coefficient (Wildman–Crippen LogP) is 8.42. The highest BCUT2D eigenvalue weighted by molar-refractivity contribution is 5.76.